The number of hydrogen-bond acceptors (Lipinski definition) is 2. The average molecular weight is 214 g/mol. The van der Waals surface area contributed by atoms with Crippen LogP contribution < -0.4 is 4.74 Å². The van der Waals surface area contributed by atoms with E-state index in [1.807, 2.05) is 30.3 Å². The van der Waals surface area contributed by atoms with Crippen molar-refractivity contribution >= 4 is 17.2 Å². The molecule has 0 aliphatic carbocycles. The number of benzene rings is 2. The van der Waals surface area contributed by atoms with Gasteiger partial charge in [0.05, 0.1) is 0 Å². The molecule has 2 heteroatoms. The third kappa shape index (κ3) is 2.06. The van der Waals surface area contributed by atoms with Gasteiger partial charge in [0.15, 0.2) is 0 Å². The molecule has 0 N–H and O–H groups in total. The monoisotopic (exact) mass is 214 g/mol. The zero-order valence-corrected chi connectivity index (χ0v) is 9.27. The van der Waals surface area contributed by atoms with E-state index in [2.05, 4.69) is 13.0 Å². The summed E-state index contributed by atoms with van der Waals surface area (Å²) in [5, 5.41) is 2.35. The second-order valence-electron chi connectivity index (χ2n) is 3.77. The first-order valence-corrected chi connectivity index (χ1v) is 5.47. The van der Waals surface area contributed by atoms with Crippen LogP contribution in [0.3, 0.4) is 0 Å². The Morgan fingerprint density at radius 3 is 2.81 bits per heavy atom. The van der Waals surface area contributed by atoms with Crippen LogP contribution in [0.15, 0.2) is 36.4 Å². The summed E-state index contributed by atoms with van der Waals surface area (Å²) in [5.41, 5.74) is 1.23. The number of hydrogen-bond donors (Lipinski definition) is 0. The van der Waals surface area contributed by atoms with Crippen LogP contribution in [0.1, 0.15) is 18.9 Å². The molecule has 16 heavy (non-hydrogen) atoms. The summed E-state index contributed by atoms with van der Waals surface area (Å²) in [6.45, 7) is 2.61. The molecule has 0 heterocycles. The van der Waals surface area contributed by atoms with Crippen molar-refractivity contribution in [3.63, 3.8) is 0 Å². The fourth-order valence-corrected chi connectivity index (χ4v) is 1.96. The van der Waals surface area contributed by atoms with E-state index in [9.17, 15) is 4.79 Å². The lowest BCUT2D eigenvalue weighted by molar-refractivity contribution is -0.120. The lowest BCUT2D eigenvalue weighted by Gasteiger charge is -2.08. The molecule has 0 bridgehead atoms. The Bertz CT molecular complexity index is 503. The minimum absolute atomic E-state index is 0.472. The highest BCUT2D eigenvalue weighted by Gasteiger charge is 2.03. The second kappa shape index (κ2) is 4.79. The van der Waals surface area contributed by atoms with Gasteiger partial charge in [0.1, 0.15) is 5.75 Å². The van der Waals surface area contributed by atoms with Crippen LogP contribution in [0, 0.1) is 0 Å². The van der Waals surface area contributed by atoms with Crippen LogP contribution in [0.2, 0.25) is 0 Å². The molecule has 0 atom stereocenters. The Balaban J connectivity index is 2.58. The number of aryl methyl sites for hydroxylation is 1. The van der Waals surface area contributed by atoms with Crippen molar-refractivity contribution in [1.29, 1.82) is 0 Å². The van der Waals surface area contributed by atoms with E-state index in [0.29, 0.717) is 12.2 Å². The van der Waals surface area contributed by atoms with Crippen molar-refractivity contribution in [2.45, 2.75) is 19.8 Å². The van der Waals surface area contributed by atoms with Crippen molar-refractivity contribution in [2.75, 3.05) is 0 Å². The maximum Gasteiger partial charge on any atom is 0.298 e. The average Bonchev–Trinajstić information content (AvgIpc) is 2.30. The normalized spacial score (nSPS) is 10.3. The second-order valence-corrected chi connectivity index (χ2v) is 3.77. The van der Waals surface area contributed by atoms with E-state index in [4.69, 9.17) is 4.74 Å². The van der Waals surface area contributed by atoms with E-state index in [1.165, 1.54) is 10.9 Å². The molecule has 0 unspecified atom stereocenters. The molecule has 0 amide bonds. The van der Waals surface area contributed by atoms with Gasteiger partial charge in [-0.1, -0.05) is 37.6 Å². The fraction of sp³-hybridized carbons (Fsp3) is 0.214. The smallest absolute Gasteiger partial charge is 0.298 e. The molecule has 0 spiro atoms. The summed E-state index contributed by atoms with van der Waals surface area (Å²) >= 11 is 0. The minimum Gasteiger partial charge on any atom is -0.429 e. The molecule has 0 saturated heterocycles. The van der Waals surface area contributed by atoms with Crippen LogP contribution in [0.4, 0.5) is 0 Å². The van der Waals surface area contributed by atoms with E-state index in [1.54, 1.807) is 0 Å². The van der Waals surface area contributed by atoms with Gasteiger partial charge in [-0.2, -0.15) is 0 Å². The summed E-state index contributed by atoms with van der Waals surface area (Å²) < 4.78 is 4.92. The first-order chi connectivity index (χ1) is 7.85. The predicted molar refractivity (Wildman–Crippen MR) is 64.6 cm³/mol. The summed E-state index contributed by atoms with van der Waals surface area (Å²) in [6, 6.07) is 12.0. The quantitative estimate of drug-likeness (QED) is 0.730. The molecule has 0 radical (unpaired) electrons. The Labute approximate surface area is 94.8 Å². The summed E-state index contributed by atoms with van der Waals surface area (Å²) in [4.78, 5) is 10.4. The molecule has 0 aliphatic rings. The molecule has 0 fully saturated rings. The summed E-state index contributed by atoms with van der Waals surface area (Å²) in [6.07, 6.45) is 2.07. The molecular formula is C14H14O2. The van der Waals surface area contributed by atoms with E-state index < -0.39 is 0 Å². The van der Waals surface area contributed by atoms with Gasteiger partial charge in [-0.25, -0.2) is 0 Å². The van der Waals surface area contributed by atoms with Gasteiger partial charge >= 0.3 is 0 Å². The van der Waals surface area contributed by atoms with Gasteiger partial charge in [-0.05, 0) is 34.9 Å². The van der Waals surface area contributed by atoms with Crippen LogP contribution in [-0.2, 0) is 11.2 Å². The third-order valence-corrected chi connectivity index (χ3v) is 2.62. The van der Waals surface area contributed by atoms with E-state index >= 15 is 0 Å². The van der Waals surface area contributed by atoms with Gasteiger partial charge in [0, 0.05) is 0 Å². The highest BCUT2D eigenvalue weighted by Crippen LogP contribution is 2.26. The molecule has 2 nitrogen and oxygen atoms in total. The van der Waals surface area contributed by atoms with Crippen LogP contribution in [-0.4, -0.2) is 6.47 Å². The highest BCUT2D eigenvalue weighted by molar-refractivity contribution is 5.87. The van der Waals surface area contributed by atoms with Gasteiger partial charge in [0.25, 0.3) is 6.47 Å². The van der Waals surface area contributed by atoms with Crippen molar-refractivity contribution in [3.05, 3.63) is 42.0 Å². The van der Waals surface area contributed by atoms with Crippen LogP contribution in [0.25, 0.3) is 10.8 Å². The van der Waals surface area contributed by atoms with Crippen molar-refractivity contribution in [3.8, 4) is 5.75 Å². The Hall–Kier alpha value is -1.83. The van der Waals surface area contributed by atoms with Crippen molar-refractivity contribution in [1.82, 2.24) is 0 Å². The summed E-state index contributed by atoms with van der Waals surface area (Å²) in [5.74, 6) is 0.622. The number of carbonyl (C=O) groups excluding carboxylic acids is 1. The lowest BCUT2D eigenvalue weighted by atomic mass is 10.0. The fourth-order valence-electron chi connectivity index (χ4n) is 1.96. The predicted octanol–water partition coefficient (Wildman–Crippen LogP) is 3.33. The van der Waals surface area contributed by atoms with Gasteiger partial charge in [-0.15, -0.1) is 0 Å². The van der Waals surface area contributed by atoms with Gasteiger partial charge in [0.2, 0.25) is 0 Å². The number of carbonyl (C=O) groups is 1. The first kappa shape index (κ1) is 10.7. The number of fused-ring (bicyclic) bond motifs is 1. The zero-order valence-electron chi connectivity index (χ0n) is 9.27. The third-order valence-electron chi connectivity index (χ3n) is 2.62. The van der Waals surface area contributed by atoms with E-state index in [0.717, 1.165) is 18.2 Å². The molecule has 2 aromatic carbocycles. The zero-order chi connectivity index (χ0) is 11.4. The Morgan fingerprint density at radius 2 is 2.06 bits per heavy atom. The van der Waals surface area contributed by atoms with Crippen molar-refractivity contribution < 1.29 is 9.53 Å². The lowest BCUT2D eigenvalue weighted by Crippen LogP contribution is -1.92. The standard InChI is InChI=1S/C14H14O2/c1-2-5-11-8-13(16-10-15)9-12-6-3-4-7-14(11)12/h3-4,6-10H,2,5H2,1H3. The Kier molecular flexibility index (Phi) is 3.20. The maximum atomic E-state index is 10.4. The molecule has 0 aromatic heterocycles. The SMILES string of the molecule is CCCc1cc(OC=O)cc2ccccc12. The minimum atomic E-state index is 0.472. The molecule has 2 rings (SSSR count). The molecular weight excluding hydrogens is 200 g/mol. The molecule has 82 valence electrons. The van der Waals surface area contributed by atoms with Crippen LogP contribution in [0.5, 0.6) is 5.75 Å². The van der Waals surface area contributed by atoms with Crippen LogP contribution >= 0.6 is 0 Å². The van der Waals surface area contributed by atoms with Gasteiger partial charge in [-0.3, -0.25) is 4.79 Å². The van der Waals surface area contributed by atoms with Crippen molar-refractivity contribution in [2.24, 2.45) is 0 Å². The summed E-state index contributed by atoms with van der Waals surface area (Å²) in [7, 11) is 0. The molecule has 2 aromatic rings. The number of rotatable bonds is 4. The maximum absolute atomic E-state index is 10.4. The van der Waals surface area contributed by atoms with E-state index in [-0.39, 0.29) is 0 Å². The highest BCUT2D eigenvalue weighted by atomic mass is 16.5. The largest absolute Gasteiger partial charge is 0.429 e. The molecule has 0 aliphatic heterocycles. The molecule has 0 saturated carbocycles. The number of ether oxygens (including phenoxy) is 1. The van der Waals surface area contributed by atoms with Gasteiger partial charge < -0.3 is 4.74 Å². The topological polar surface area (TPSA) is 26.3 Å². The Morgan fingerprint density at radius 1 is 1.25 bits per heavy atom. The first-order valence-electron chi connectivity index (χ1n) is 5.47.